The van der Waals surface area contributed by atoms with Gasteiger partial charge in [-0.05, 0) is 32.4 Å². The number of rotatable bonds is 9. The first-order valence-electron chi connectivity index (χ1n) is 6.91. The van der Waals surface area contributed by atoms with E-state index >= 15 is 0 Å². The molecule has 2 heteroatoms. The minimum Gasteiger partial charge on any atom is -0.313 e. The molecule has 0 aliphatic rings. The van der Waals surface area contributed by atoms with E-state index in [4.69, 9.17) is 0 Å². The first-order valence-corrected chi connectivity index (χ1v) is 6.91. The van der Waals surface area contributed by atoms with Crippen LogP contribution in [-0.2, 0) is 0 Å². The zero-order valence-corrected chi connectivity index (χ0v) is 12.2. The Balaban J connectivity index is 3.96. The molecule has 16 heavy (non-hydrogen) atoms. The Hall–Kier alpha value is -0.0800. The highest BCUT2D eigenvalue weighted by Gasteiger charge is 2.13. The van der Waals surface area contributed by atoms with Crippen molar-refractivity contribution in [3.8, 4) is 0 Å². The predicted octanol–water partition coefficient (Wildman–Crippen LogP) is 3.13. The topological polar surface area (TPSA) is 15.3 Å². The molecule has 1 atom stereocenters. The Labute approximate surface area is 103 Å². The number of hydrogen-bond acceptors (Lipinski definition) is 2. The third-order valence-corrected chi connectivity index (χ3v) is 3.07. The molecule has 1 unspecified atom stereocenters. The van der Waals surface area contributed by atoms with Crippen LogP contribution < -0.4 is 5.32 Å². The summed E-state index contributed by atoms with van der Waals surface area (Å²) < 4.78 is 0. The SMILES string of the molecule is CCCC(CNC(C)C)N(C)CCC(C)C. The van der Waals surface area contributed by atoms with E-state index in [1.54, 1.807) is 0 Å². The summed E-state index contributed by atoms with van der Waals surface area (Å²) in [6.07, 6.45) is 3.88. The molecule has 0 heterocycles. The highest BCUT2D eigenvalue weighted by Crippen LogP contribution is 2.08. The summed E-state index contributed by atoms with van der Waals surface area (Å²) in [6.45, 7) is 13.7. The largest absolute Gasteiger partial charge is 0.313 e. The number of hydrogen-bond donors (Lipinski definition) is 1. The van der Waals surface area contributed by atoms with E-state index in [0.29, 0.717) is 12.1 Å². The van der Waals surface area contributed by atoms with Gasteiger partial charge < -0.3 is 10.2 Å². The molecular formula is C14H32N2. The van der Waals surface area contributed by atoms with Crippen LogP contribution in [0, 0.1) is 5.92 Å². The van der Waals surface area contributed by atoms with Crippen molar-refractivity contribution in [3.05, 3.63) is 0 Å². The number of nitrogens with zero attached hydrogens (tertiary/aromatic N) is 1. The molecule has 98 valence electrons. The number of nitrogens with one attached hydrogen (secondary N) is 1. The van der Waals surface area contributed by atoms with Crippen molar-refractivity contribution in [2.24, 2.45) is 5.92 Å². The molecule has 0 aromatic heterocycles. The molecule has 0 aromatic carbocycles. The molecule has 0 amide bonds. The first kappa shape index (κ1) is 15.9. The highest BCUT2D eigenvalue weighted by molar-refractivity contribution is 4.72. The van der Waals surface area contributed by atoms with Gasteiger partial charge in [0.15, 0.2) is 0 Å². The molecule has 0 spiro atoms. The van der Waals surface area contributed by atoms with E-state index < -0.39 is 0 Å². The van der Waals surface area contributed by atoms with Gasteiger partial charge in [0.25, 0.3) is 0 Å². The van der Waals surface area contributed by atoms with Gasteiger partial charge in [-0.1, -0.05) is 41.0 Å². The molecule has 0 aliphatic carbocycles. The van der Waals surface area contributed by atoms with Gasteiger partial charge in [0, 0.05) is 18.6 Å². The summed E-state index contributed by atoms with van der Waals surface area (Å²) in [5.74, 6) is 0.808. The Morgan fingerprint density at radius 1 is 1.06 bits per heavy atom. The predicted molar refractivity (Wildman–Crippen MR) is 73.9 cm³/mol. The molecule has 0 fully saturated rings. The first-order chi connectivity index (χ1) is 7.47. The smallest absolute Gasteiger partial charge is 0.0217 e. The van der Waals surface area contributed by atoms with Crippen molar-refractivity contribution in [2.75, 3.05) is 20.1 Å². The lowest BCUT2D eigenvalue weighted by molar-refractivity contribution is 0.209. The fourth-order valence-corrected chi connectivity index (χ4v) is 1.83. The van der Waals surface area contributed by atoms with Crippen LogP contribution in [0.25, 0.3) is 0 Å². The van der Waals surface area contributed by atoms with Gasteiger partial charge in [-0.25, -0.2) is 0 Å². The van der Waals surface area contributed by atoms with Crippen LogP contribution in [0.15, 0.2) is 0 Å². The molecule has 2 nitrogen and oxygen atoms in total. The standard InChI is InChI=1S/C14H32N2/c1-7-8-14(11-15-13(4)5)16(6)10-9-12(2)3/h12-15H,7-11H2,1-6H3. The Morgan fingerprint density at radius 2 is 1.69 bits per heavy atom. The Morgan fingerprint density at radius 3 is 2.12 bits per heavy atom. The van der Waals surface area contributed by atoms with Crippen LogP contribution in [0.4, 0.5) is 0 Å². The van der Waals surface area contributed by atoms with Gasteiger partial charge in [0.2, 0.25) is 0 Å². The Bertz CT molecular complexity index is 155. The second-order valence-corrected chi connectivity index (χ2v) is 5.67. The third-order valence-electron chi connectivity index (χ3n) is 3.07. The molecular weight excluding hydrogens is 196 g/mol. The molecule has 0 bridgehead atoms. The van der Waals surface area contributed by atoms with Gasteiger partial charge in [-0.3, -0.25) is 0 Å². The minimum absolute atomic E-state index is 0.595. The lowest BCUT2D eigenvalue weighted by atomic mass is 10.1. The van der Waals surface area contributed by atoms with E-state index in [0.717, 1.165) is 12.5 Å². The second-order valence-electron chi connectivity index (χ2n) is 5.67. The van der Waals surface area contributed by atoms with Crippen LogP contribution in [0.5, 0.6) is 0 Å². The van der Waals surface area contributed by atoms with Crippen molar-refractivity contribution in [3.63, 3.8) is 0 Å². The molecule has 0 saturated heterocycles. The average Bonchev–Trinajstić information content (AvgIpc) is 2.20. The lowest BCUT2D eigenvalue weighted by Crippen LogP contribution is -2.42. The van der Waals surface area contributed by atoms with E-state index in [-0.39, 0.29) is 0 Å². The maximum Gasteiger partial charge on any atom is 0.0217 e. The van der Waals surface area contributed by atoms with Crippen LogP contribution in [-0.4, -0.2) is 37.1 Å². The van der Waals surface area contributed by atoms with Gasteiger partial charge in [-0.15, -0.1) is 0 Å². The molecule has 0 saturated carbocycles. The highest BCUT2D eigenvalue weighted by atomic mass is 15.1. The fourth-order valence-electron chi connectivity index (χ4n) is 1.83. The summed E-state index contributed by atoms with van der Waals surface area (Å²) in [5.41, 5.74) is 0. The van der Waals surface area contributed by atoms with Crippen molar-refractivity contribution in [2.45, 2.75) is 66.0 Å². The third kappa shape index (κ3) is 8.12. The quantitative estimate of drug-likeness (QED) is 0.652. The minimum atomic E-state index is 0.595. The fraction of sp³-hybridized carbons (Fsp3) is 1.00. The van der Waals surface area contributed by atoms with E-state index in [1.165, 1.54) is 25.8 Å². The maximum absolute atomic E-state index is 3.56. The van der Waals surface area contributed by atoms with Gasteiger partial charge in [-0.2, -0.15) is 0 Å². The van der Waals surface area contributed by atoms with E-state index in [9.17, 15) is 0 Å². The maximum atomic E-state index is 3.56. The Kier molecular flexibility index (Phi) is 8.96. The van der Waals surface area contributed by atoms with Crippen LogP contribution in [0.3, 0.4) is 0 Å². The average molecular weight is 228 g/mol. The van der Waals surface area contributed by atoms with Crippen molar-refractivity contribution in [1.82, 2.24) is 10.2 Å². The van der Waals surface area contributed by atoms with Gasteiger partial charge >= 0.3 is 0 Å². The van der Waals surface area contributed by atoms with Gasteiger partial charge in [0.1, 0.15) is 0 Å². The van der Waals surface area contributed by atoms with Crippen molar-refractivity contribution >= 4 is 0 Å². The van der Waals surface area contributed by atoms with Crippen LogP contribution >= 0.6 is 0 Å². The molecule has 0 aromatic rings. The van der Waals surface area contributed by atoms with Crippen molar-refractivity contribution < 1.29 is 0 Å². The van der Waals surface area contributed by atoms with Crippen LogP contribution in [0.1, 0.15) is 53.9 Å². The molecule has 0 radical (unpaired) electrons. The number of likely N-dealkylation sites (N-methyl/N-ethyl adjacent to an activating group) is 1. The normalized spacial score (nSPS) is 14.1. The summed E-state index contributed by atoms with van der Waals surface area (Å²) in [4.78, 5) is 2.53. The molecule has 0 aliphatic heterocycles. The second kappa shape index (κ2) is 9.00. The summed E-state index contributed by atoms with van der Waals surface area (Å²) in [6, 6.07) is 1.30. The van der Waals surface area contributed by atoms with E-state index in [2.05, 4.69) is 51.9 Å². The summed E-state index contributed by atoms with van der Waals surface area (Å²) in [5, 5.41) is 3.56. The zero-order chi connectivity index (χ0) is 12.6. The summed E-state index contributed by atoms with van der Waals surface area (Å²) in [7, 11) is 2.27. The lowest BCUT2D eigenvalue weighted by Gasteiger charge is -2.29. The molecule has 0 rings (SSSR count). The van der Waals surface area contributed by atoms with E-state index in [1.807, 2.05) is 0 Å². The summed E-state index contributed by atoms with van der Waals surface area (Å²) >= 11 is 0. The van der Waals surface area contributed by atoms with Crippen LogP contribution in [0.2, 0.25) is 0 Å². The molecule has 1 N–H and O–H groups in total. The van der Waals surface area contributed by atoms with Crippen molar-refractivity contribution in [1.29, 1.82) is 0 Å². The zero-order valence-electron chi connectivity index (χ0n) is 12.2. The monoisotopic (exact) mass is 228 g/mol. The van der Waals surface area contributed by atoms with Gasteiger partial charge in [0.05, 0.1) is 0 Å².